The number of hydrogen-bond donors (Lipinski definition) is 0. The lowest BCUT2D eigenvalue weighted by atomic mass is 10.0. The summed E-state index contributed by atoms with van der Waals surface area (Å²) in [6.45, 7) is 4.42. The first-order valence-electron chi connectivity index (χ1n) is 6.29. The van der Waals surface area contributed by atoms with Gasteiger partial charge in [-0.15, -0.1) is 0 Å². The van der Waals surface area contributed by atoms with Crippen molar-refractivity contribution in [3.8, 4) is 5.69 Å². The number of nitrogens with zero attached hydrogens (tertiary/aromatic N) is 2. The highest BCUT2D eigenvalue weighted by Gasteiger charge is 2.06. The van der Waals surface area contributed by atoms with Crippen LogP contribution >= 0.6 is 0 Å². The zero-order valence-electron chi connectivity index (χ0n) is 10.7. The predicted molar refractivity (Wildman–Crippen MR) is 75.2 cm³/mol. The minimum Gasteiger partial charge on any atom is -0.233 e. The van der Waals surface area contributed by atoms with E-state index in [4.69, 9.17) is 0 Å². The summed E-state index contributed by atoms with van der Waals surface area (Å²) in [5.41, 5.74) is 3.62. The van der Waals surface area contributed by atoms with Crippen molar-refractivity contribution in [2.24, 2.45) is 0 Å². The second-order valence-corrected chi connectivity index (χ2v) is 4.86. The topological polar surface area (TPSA) is 17.8 Å². The number of hydrogen-bond acceptors (Lipinski definition) is 1. The Morgan fingerprint density at radius 2 is 1.78 bits per heavy atom. The van der Waals surface area contributed by atoms with Crippen molar-refractivity contribution in [1.29, 1.82) is 0 Å². The molecular formula is C16H16N2. The Balaban J connectivity index is 2.16. The number of benzene rings is 2. The molecule has 0 aliphatic rings. The van der Waals surface area contributed by atoms with E-state index in [9.17, 15) is 0 Å². The molecule has 0 amide bonds. The van der Waals surface area contributed by atoms with E-state index in [1.807, 2.05) is 29.1 Å². The van der Waals surface area contributed by atoms with E-state index in [2.05, 4.69) is 49.3 Å². The molecule has 90 valence electrons. The van der Waals surface area contributed by atoms with Crippen molar-refractivity contribution in [2.75, 3.05) is 0 Å². The fourth-order valence-electron chi connectivity index (χ4n) is 2.19. The first-order chi connectivity index (χ1) is 8.75. The fraction of sp³-hybridized carbons (Fsp3) is 0.188. The third-order valence-corrected chi connectivity index (χ3v) is 3.26. The summed E-state index contributed by atoms with van der Waals surface area (Å²) in [4.78, 5) is 0. The SMILES string of the molecule is CC(C)c1ccc2c(cnn2-c2ccccc2)c1. The van der Waals surface area contributed by atoms with Crippen LogP contribution in [0.4, 0.5) is 0 Å². The number of rotatable bonds is 2. The summed E-state index contributed by atoms with van der Waals surface area (Å²) in [5, 5.41) is 5.68. The Morgan fingerprint density at radius 1 is 1.00 bits per heavy atom. The maximum absolute atomic E-state index is 4.48. The molecular weight excluding hydrogens is 220 g/mol. The molecule has 3 rings (SSSR count). The second-order valence-electron chi connectivity index (χ2n) is 4.86. The van der Waals surface area contributed by atoms with Gasteiger partial charge in [-0.2, -0.15) is 5.10 Å². The molecule has 0 atom stereocenters. The molecule has 0 aliphatic heterocycles. The summed E-state index contributed by atoms with van der Waals surface area (Å²) < 4.78 is 1.99. The molecule has 0 saturated carbocycles. The summed E-state index contributed by atoms with van der Waals surface area (Å²) in [5.74, 6) is 0.550. The molecule has 1 heterocycles. The molecule has 0 saturated heterocycles. The Morgan fingerprint density at radius 3 is 2.50 bits per heavy atom. The van der Waals surface area contributed by atoms with Crippen molar-refractivity contribution in [2.45, 2.75) is 19.8 Å². The molecule has 18 heavy (non-hydrogen) atoms. The van der Waals surface area contributed by atoms with Crippen LogP contribution in [0.3, 0.4) is 0 Å². The van der Waals surface area contributed by atoms with Gasteiger partial charge in [0, 0.05) is 5.39 Å². The molecule has 0 fully saturated rings. The molecule has 0 radical (unpaired) electrons. The zero-order valence-corrected chi connectivity index (χ0v) is 10.7. The zero-order chi connectivity index (χ0) is 12.5. The van der Waals surface area contributed by atoms with Gasteiger partial charge in [-0.05, 0) is 35.7 Å². The second kappa shape index (κ2) is 4.30. The van der Waals surface area contributed by atoms with Gasteiger partial charge >= 0.3 is 0 Å². The molecule has 0 spiro atoms. The first kappa shape index (κ1) is 11.0. The normalized spacial score (nSPS) is 11.3. The van der Waals surface area contributed by atoms with Crippen LogP contribution < -0.4 is 0 Å². The molecule has 2 nitrogen and oxygen atoms in total. The number of fused-ring (bicyclic) bond motifs is 1. The van der Waals surface area contributed by atoms with Crippen molar-refractivity contribution in [1.82, 2.24) is 9.78 Å². The Kier molecular flexibility index (Phi) is 2.63. The Labute approximate surface area is 107 Å². The van der Waals surface area contributed by atoms with Gasteiger partial charge in [-0.3, -0.25) is 0 Å². The molecule has 0 bridgehead atoms. The largest absolute Gasteiger partial charge is 0.233 e. The van der Waals surface area contributed by atoms with Gasteiger partial charge < -0.3 is 0 Å². The predicted octanol–water partition coefficient (Wildman–Crippen LogP) is 4.15. The van der Waals surface area contributed by atoms with Gasteiger partial charge in [0.2, 0.25) is 0 Å². The van der Waals surface area contributed by atoms with Crippen molar-refractivity contribution < 1.29 is 0 Å². The van der Waals surface area contributed by atoms with Gasteiger partial charge in [0.1, 0.15) is 0 Å². The van der Waals surface area contributed by atoms with Crippen LogP contribution in [-0.2, 0) is 0 Å². The van der Waals surface area contributed by atoms with Crippen LogP contribution in [0.25, 0.3) is 16.6 Å². The standard InChI is InChI=1S/C16H16N2/c1-12(2)13-8-9-16-14(10-13)11-17-18(16)15-6-4-3-5-7-15/h3-12H,1-2H3. The Bertz CT molecular complexity index is 666. The number of para-hydroxylation sites is 1. The van der Waals surface area contributed by atoms with Crippen molar-refractivity contribution in [3.05, 3.63) is 60.3 Å². The minimum absolute atomic E-state index is 0.550. The number of aromatic nitrogens is 2. The van der Waals surface area contributed by atoms with E-state index < -0.39 is 0 Å². The van der Waals surface area contributed by atoms with Crippen molar-refractivity contribution in [3.63, 3.8) is 0 Å². The average molecular weight is 236 g/mol. The lowest BCUT2D eigenvalue weighted by Gasteiger charge is -2.06. The monoisotopic (exact) mass is 236 g/mol. The van der Waals surface area contributed by atoms with Gasteiger partial charge in [-0.1, -0.05) is 38.1 Å². The van der Waals surface area contributed by atoms with E-state index in [0.717, 1.165) is 11.2 Å². The van der Waals surface area contributed by atoms with E-state index in [1.165, 1.54) is 10.9 Å². The maximum atomic E-state index is 4.48. The lowest BCUT2D eigenvalue weighted by molar-refractivity contribution is 0.868. The van der Waals surface area contributed by atoms with Crippen LogP contribution in [0.15, 0.2) is 54.7 Å². The summed E-state index contributed by atoms with van der Waals surface area (Å²) in [7, 11) is 0. The van der Waals surface area contributed by atoms with E-state index in [-0.39, 0.29) is 0 Å². The van der Waals surface area contributed by atoms with Gasteiger partial charge in [0.15, 0.2) is 0 Å². The maximum Gasteiger partial charge on any atom is 0.0741 e. The van der Waals surface area contributed by atoms with Crippen LogP contribution in [-0.4, -0.2) is 9.78 Å². The smallest absolute Gasteiger partial charge is 0.0741 e. The Hall–Kier alpha value is -2.09. The summed E-state index contributed by atoms with van der Waals surface area (Å²) in [6, 6.07) is 16.8. The molecule has 3 aromatic rings. The summed E-state index contributed by atoms with van der Waals surface area (Å²) >= 11 is 0. The summed E-state index contributed by atoms with van der Waals surface area (Å²) in [6.07, 6.45) is 1.94. The molecule has 0 unspecified atom stereocenters. The fourth-order valence-corrected chi connectivity index (χ4v) is 2.19. The van der Waals surface area contributed by atoms with Gasteiger partial charge in [-0.25, -0.2) is 4.68 Å². The molecule has 0 N–H and O–H groups in total. The van der Waals surface area contributed by atoms with E-state index >= 15 is 0 Å². The van der Waals surface area contributed by atoms with E-state index in [0.29, 0.717) is 5.92 Å². The first-order valence-corrected chi connectivity index (χ1v) is 6.29. The third-order valence-electron chi connectivity index (χ3n) is 3.26. The van der Waals surface area contributed by atoms with E-state index in [1.54, 1.807) is 0 Å². The highest BCUT2D eigenvalue weighted by molar-refractivity contribution is 5.81. The van der Waals surface area contributed by atoms with Crippen LogP contribution in [0.2, 0.25) is 0 Å². The van der Waals surface area contributed by atoms with Gasteiger partial charge in [0.25, 0.3) is 0 Å². The lowest BCUT2D eigenvalue weighted by Crippen LogP contribution is -1.95. The molecule has 0 aliphatic carbocycles. The minimum atomic E-state index is 0.550. The van der Waals surface area contributed by atoms with Crippen LogP contribution in [0, 0.1) is 0 Å². The molecule has 2 aromatic carbocycles. The average Bonchev–Trinajstić information content (AvgIpc) is 2.82. The third kappa shape index (κ3) is 1.80. The van der Waals surface area contributed by atoms with Crippen molar-refractivity contribution >= 4 is 10.9 Å². The highest BCUT2D eigenvalue weighted by atomic mass is 15.3. The molecule has 2 heteroatoms. The van der Waals surface area contributed by atoms with Crippen LogP contribution in [0.1, 0.15) is 25.3 Å². The van der Waals surface area contributed by atoms with Gasteiger partial charge in [0.05, 0.1) is 17.4 Å². The molecule has 1 aromatic heterocycles. The highest BCUT2D eigenvalue weighted by Crippen LogP contribution is 2.23. The quantitative estimate of drug-likeness (QED) is 0.653. The van der Waals surface area contributed by atoms with Crippen LogP contribution in [0.5, 0.6) is 0 Å².